The van der Waals surface area contributed by atoms with Gasteiger partial charge >= 0.3 is 6.18 Å². The van der Waals surface area contributed by atoms with Crippen LogP contribution in [0.3, 0.4) is 0 Å². The number of amides is 3. The van der Waals surface area contributed by atoms with Gasteiger partial charge in [0.2, 0.25) is 5.91 Å². The van der Waals surface area contributed by atoms with E-state index in [1.165, 1.54) is 24.3 Å². The number of hydrazone groups is 1. The highest BCUT2D eigenvalue weighted by atomic mass is 35.5. The first-order chi connectivity index (χ1) is 21.9. The third-order valence-electron chi connectivity index (χ3n) is 7.89. The first-order valence-electron chi connectivity index (χ1n) is 15.1. The van der Waals surface area contributed by atoms with Crippen LogP contribution in [0, 0.1) is 0 Å². The van der Waals surface area contributed by atoms with Crippen molar-refractivity contribution in [3.05, 3.63) is 85.7 Å². The van der Waals surface area contributed by atoms with Crippen LogP contribution in [0.4, 0.5) is 18.2 Å². The number of fused-ring (bicyclic) bond motifs is 1. The van der Waals surface area contributed by atoms with Gasteiger partial charge in [0, 0.05) is 37.0 Å². The van der Waals surface area contributed by atoms with E-state index < -0.39 is 28.6 Å². The number of hydrogen-bond donors (Lipinski definition) is 2. The standard InChI is InChI=1S/C33H37ClF3N5O3S/c1-4-41(5-2)15-16-42(21(3)43)20-23-9-8-10-24(17-23)30(44)39-32-29(25-11-6-7-12-28(25)46-32)31(45)40-38-19-22-13-14-27(34)26(18-22)33(35,36)37/h8-10,13-14,17-19H,4-7,11-12,15-16,20H2,1-3H3,(H,39,44)(H,40,45)/b38-19-. The molecule has 0 aliphatic heterocycles. The second-order valence-corrected chi connectivity index (χ2v) is 12.5. The van der Waals surface area contributed by atoms with E-state index in [-0.39, 0.29) is 11.5 Å². The Morgan fingerprint density at radius 2 is 1.76 bits per heavy atom. The van der Waals surface area contributed by atoms with E-state index in [1.54, 1.807) is 23.1 Å². The zero-order valence-electron chi connectivity index (χ0n) is 26.0. The van der Waals surface area contributed by atoms with Crippen molar-refractivity contribution in [2.24, 2.45) is 5.10 Å². The van der Waals surface area contributed by atoms with E-state index in [4.69, 9.17) is 11.6 Å². The lowest BCUT2D eigenvalue weighted by Crippen LogP contribution is -2.37. The second kappa shape index (κ2) is 15.7. The molecule has 1 heterocycles. The molecular formula is C33H37ClF3N5O3S. The van der Waals surface area contributed by atoms with E-state index in [9.17, 15) is 27.6 Å². The number of benzene rings is 2. The number of hydrogen-bond acceptors (Lipinski definition) is 6. The molecule has 0 saturated heterocycles. The number of carbonyl (C=O) groups is 3. The van der Waals surface area contributed by atoms with Gasteiger partial charge in [-0.3, -0.25) is 14.4 Å². The molecule has 1 aliphatic rings. The first kappa shape index (κ1) is 35.1. The van der Waals surface area contributed by atoms with Gasteiger partial charge in [0.1, 0.15) is 5.00 Å². The van der Waals surface area contributed by atoms with Gasteiger partial charge in [-0.05, 0) is 79.7 Å². The Balaban J connectivity index is 1.50. The number of likely N-dealkylation sites (N-methyl/N-ethyl adjacent to an activating group) is 1. The van der Waals surface area contributed by atoms with Gasteiger partial charge in [-0.2, -0.15) is 18.3 Å². The maximum absolute atomic E-state index is 13.5. The second-order valence-electron chi connectivity index (χ2n) is 11.0. The fraction of sp³-hybridized carbons (Fsp3) is 0.394. The SMILES string of the molecule is CCN(CC)CCN(Cc1cccc(C(=O)Nc2sc3c(c2C(=O)N/N=C\c2ccc(Cl)c(C(F)(F)F)c2)CCCC3)c1)C(C)=O. The average molecular weight is 676 g/mol. The molecule has 0 fully saturated rings. The van der Waals surface area contributed by atoms with Crippen LogP contribution in [0.15, 0.2) is 47.6 Å². The topological polar surface area (TPSA) is 94.1 Å². The highest BCUT2D eigenvalue weighted by Gasteiger charge is 2.33. The van der Waals surface area contributed by atoms with Gasteiger partial charge in [-0.15, -0.1) is 11.3 Å². The summed E-state index contributed by atoms with van der Waals surface area (Å²) in [6.07, 6.45) is -0.253. The lowest BCUT2D eigenvalue weighted by molar-refractivity contribution is -0.137. The Kier molecular flexibility index (Phi) is 12.0. The van der Waals surface area contributed by atoms with E-state index in [1.807, 2.05) is 6.07 Å². The number of halogens is 4. The molecule has 8 nitrogen and oxygen atoms in total. The van der Waals surface area contributed by atoms with E-state index in [0.29, 0.717) is 35.6 Å². The minimum Gasteiger partial charge on any atom is -0.337 e. The molecule has 2 N–H and O–H groups in total. The van der Waals surface area contributed by atoms with Crippen LogP contribution < -0.4 is 10.7 Å². The van der Waals surface area contributed by atoms with Crippen molar-refractivity contribution in [3.63, 3.8) is 0 Å². The minimum absolute atomic E-state index is 0.0543. The van der Waals surface area contributed by atoms with Gasteiger partial charge in [-0.25, -0.2) is 5.43 Å². The van der Waals surface area contributed by atoms with Crippen molar-refractivity contribution < 1.29 is 27.6 Å². The molecule has 3 amide bonds. The molecule has 246 valence electrons. The number of nitrogens with one attached hydrogen (secondary N) is 2. The number of nitrogens with zero attached hydrogens (tertiary/aromatic N) is 3. The van der Waals surface area contributed by atoms with Crippen LogP contribution >= 0.6 is 22.9 Å². The number of anilines is 1. The predicted octanol–water partition coefficient (Wildman–Crippen LogP) is 7.01. The summed E-state index contributed by atoms with van der Waals surface area (Å²) in [6.45, 7) is 9.14. The van der Waals surface area contributed by atoms with E-state index in [2.05, 4.69) is 34.6 Å². The quantitative estimate of drug-likeness (QED) is 0.160. The maximum atomic E-state index is 13.5. The zero-order chi connectivity index (χ0) is 33.4. The van der Waals surface area contributed by atoms with Crippen LogP contribution in [0.25, 0.3) is 0 Å². The molecule has 4 rings (SSSR count). The largest absolute Gasteiger partial charge is 0.417 e. The molecule has 13 heteroatoms. The molecule has 3 aromatic rings. The van der Waals surface area contributed by atoms with Crippen molar-refractivity contribution in [1.82, 2.24) is 15.2 Å². The molecule has 46 heavy (non-hydrogen) atoms. The molecule has 0 bridgehead atoms. The monoisotopic (exact) mass is 675 g/mol. The number of aryl methyl sites for hydroxylation is 1. The van der Waals surface area contributed by atoms with Crippen molar-refractivity contribution >= 4 is 51.9 Å². The fourth-order valence-electron chi connectivity index (χ4n) is 5.31. The molecule has 0 atom stereocenters. The third kappa shape index (κ3) is 8.95. The minimum atomic E-state index is -4.63. The molecule has 0 unspecified atom stereocenters. The van der Waals surface area contributed by atoms with Crippen molar-refractivity contribution in [2.45, 2.75) is 59.2 Å². The number of thiophene rings is 1. The Hall–Kier alpha value is -3.74. The first-order valence-corrected chi connectivity index (χ1v) is 16.3. The zero-order valence-corrected chi connectivity index (χ0v) is 27.5. The lowest BCUT2D eigenvalue weighted by atomic mass is 9.95. The van der Waals surface area contributed by atoms with Crippen LogP contribution in [-0.2, 0) is 30.4 Å². The highest BCUT2D eigenvalue weighted by Crippen LogP contribution is 2.38. The van der Waals surface area contributed by atoms with Gasteiger partial charge in [-0.1, -0.05) is 43.6 Å². The van der Waals surface area contributed by atoms with Crippen LogP contribution in [0.2, 0.25) is 5.02 Å². The van der Waals surface area contributed by atoms with E-state index >= 15 is 0 Å². The summed E-state index contributed by atoms with van der Waals surface area (Å²) in [6, 6.07) is 10.4. The normalized spacial score (nSPS) is 13.1. The van der Waals surface area contributed by atoms with Gasteiger partial charge < -0.3 is 15.1 Å². The van der Waals surface area contributed by atoms with Crippen molar-refractivity contribution in [1.29, 1.82) is 0 Å². The molecule has 1 aromatic heterocycles. The molecule has 1 aliphatic carbocycles. The Morgan fingerprint density at radius 1 is 1.02 bits per heavy atom. The maximum Gasteiger partial charge on any atom is 0.417 e. The lowest BCUT2D eigenvalue weighted by Gasteiger charge is -2.25. The molecule has 0 radical (unpaired) electrons. The highest BCUT2D eigenvalue weighted by molar-refractivity contribution is 7.17. The number of rotatable bonds is 12. The molecule has 0 saturated carbocycles. The van der Waals surface area contributed by atoms with Gasteiger partial charge in [0.05, 0.1) is 22.4 Å². The summed E-state index contributed by atoms with van der Waals surface area (Å²) >= 11 is 7.03. The number of carbonyl (C=O) groups excluding carboxylic acids is 3. The average Bonchev–Trinajstić information content (AvgIpc) is 3.39. The predicted molar refractivity (Wildman–Crippen MR) is 176 cm³/mol. The summed E-state index contributed by atoms with van der Waals surface area (Å²) in [5, 5.41) is 6.74. The van der Waals surface area contributed by atoms with Crippen molar-refractivity contribution in [2.75, 3.05) is 31.5 Å². The molecule has 0 spiro atoms. The Morgan fingerprint density at radius 3 is 2.46 bits per heavy atom. The summed E-state index contributed by atoms with van der Waals surface area (Å²) in [7, 11) is 0. The summed E-state index contributed by atoms with van der Waals surface area (Å²) in [5.74, 6) is -1.03. The Labute approximate surface area is 275 Å². The smallest absolute Gasteiger partial charge is 0.337 e. The van der Waals surface area contributed by atoms with Crippen LogP contribution in [0.5, 0.6) is 0 Å². The number of alkyl halides is 3. The summed E-state index contributed by atoms with van der Waals surface area (Å²) in [5.41, 5.74) is 3.83. The molecule has 2 aromatic carbocycles. The summed E-state index contributed by atoms with van der Waals surface area (Å²) in [4.78, 5) is 44.2. The fourth-order valence-corrected chi connectivity index (χ4v) is 6.82. The van der Waals surface area contributed by atoms with Crippen LogP contribution in [0.1, 0.15) is 81.5 Å². The Bertz CT molecular complexity index is 1600. The van der Waals surface area contributed by atoms with Gasteiger partial charge in [0.25, 0.3) is 11.8 Å². The van der Waals surface area contributed by atoms with Gasteiger partial charge in [0.15, 0.2) is 0 Å². The summed E-state index contributed by atoms with van der Waals surface area (Å²) < 4.78 is 39.7. The van der Waals surface area contributed by atoms with Crippen LogP contribution in [-0.4, -0.2) is 59.9 Å². The van der Waals surface area contributed by atoms with Crippen molar-refractivity contribution in [3.8, 4) is 0 Å². The third-order valence-corrected chi connectivity index (χ3v) is 9.43. The molecular weight excluding hydrogens is 639 g/mol. The van der Waals surface area contributed by atoms with E-state index in [0.717, 1.165) is 73.2 Å².